The predicted octanol–water partition coefficient (Wildman–Crippen LogP) is 0.941. The molecule has 17 heavy (non-hydrogen) atoms. The van der Waals surface area contributed by atoms with Gasteiger partial charge in [-0.2, -0.15) is 0 Å². The van der Waals surface area contributed by atoms with E-state index in [0.29, 0.717) is 17.8 Å². The van der Waals surface area contributed by atoms with Crippen LogP contribution in [0.5, 0.6) is 0 Å². The second kappa shape index (κ2) is 4.69. The number of carbonyl (C=O) groups excluding carboxylic acids is 1. The monoisotopic (exact) mass is 231 g/mol. The van der Waals surface area contributed by atoms with Gasteiger partial charge in [0.1, 0.15) is 0 Å². The quantitative estimate of drug-likeness (QED) is 0.735. The number of hydrogen-bond donors (Lipinski definition) is 3. The van der Waals surface area contributed by atoms with Crippen molar-refractivity contribution in [3.8, 4) is 0 Å². The third-order valence-electron chi connectivity index (χ3n) is 2.37. The van der Waals surface area contributed by atoms with Crippen molar-refractivity contribution in [2.75, 3.05) is 0 Å². The van der Waals surface area contributed by atoms with Gasteiger partial charge in [-0.1, -0.05) is 17.7 Å². The van der Waals surface area contributed by atoms with E-state index in [1.165, 1.54) is 6.07 Å². The summed E-state index contributed by atoms with van der Waals surface area (Å²) in [5.41, 5.74) is 2.09. The molecule has 1 aromatic heterocycles. The standard InChI is InChI=1S/C12H13N3O2/c1-8-3-2-4-9(5-8)12(17)13-7-10-6-11(16)15-14-10/h2-6H,7H2,1H3,(H,13,17)(H2,14,15,16). The number of hydrogen-bond acceptors (Lipinski definition) is 2. The van der Waals surface area contributed by atoms with E-state index < -0.39 is 0 Å². The lowest BCUT2D eigenvalue weighted by Crippen LogP contribution is -2.23. The lowest BCUT2D eigenvalue weighted by molar-refractivity contribution is 0.0950. The highest BCUT2D eigenvalue weighted by atomic mass is 16.1. The average molecular weight is 231 g/mol. The van der Waals surface area contributed by atoms with Gasteiger partial charge in [-0.05, 0) is 19.1 Å². The molecular formula is C12H13N3O2. The van der Waals surface area contributed by atoms with Crippen LogP contribution in [0.25, 0.3) is 0 Å². The van der Waals surface area contributed by atoms with Crippen LogP contribution in [0.3, 0.4) is 0 Å². The van der Waals surface area contributed by atoms with Crippen LogP contribution in [0.1, 0.15) is 21.6 Å². The Balaban J connectivity index is 2.00. The zero-order valence-electron chi connectivity index (χ0n) is 9.41. The van der Waals surface area contributed by atoms with Gasteiger partial charge >= 0.3 is 0 Å². The minimum atomic E-state index is -0.204. The Morgan fingerprint density at radius 2 is 2.12 bits per heavy atom. The van der Waals surface area contributed by atoms with Gasteiger partial charge in [0.05, 0.1) is 12.2 Å². The molecule has 2 aromatic rings. The second-order valence-corrected chi connectivity index (χ2v) is 3.84. The van der Waals surface area contributed by atoms with Gasteiger partial charge in [-0.3, -0.25) is 14.7 Å². The lowest BCUT2D eigenvalue weighted by Gasteiger charge is -2.04. The van der Waals surface area contributed by atoms with Crippen molar-refractivity contribution >= 4 is 5.91 Å². The number of carbonyl (C=O) groups is 1. The van der Waals surface area contributed by atoms with Crippen molar-refractivity contribution in [1.29, 1.82) is 0 Å². The highest BCUT2D eigenvalue weighted by Crippen LogP contribution is 2.03. The molecule has 1 aromatic carbocycles. The summed E-state index contributed by atoms with van der Waals surface area (Å²) in [5, 5.41) is 7.81. The van der Waals surface area contributed by atoms with Gasteiger partial charge in [-0.15, -0.1) is 0 Å². The molecule has 0 saturated carbocycles. The zero-order valence-corrected chi connectivity index (χ0v) is 9.41. The molecule has 0 bridgehead atoms. The fraction of sp³-hybridized carbons (Fsp3) is 0.167. The van der Waals surface area contributed by atoms with E-state index in [9.17, 15) is 9.59 Å². The number of H-pyrrole nitrogens is 2. The minimum absolute atomic E-state index is 0.157. The lowest BCUT2D eigenvalue weighted by atomic mass is 10.1. The van der Waals surface area contributed by atoms with Crippen LogP contribution >= 0.6 is 0 Å². The summed E-state index contributed by atoms with van der Waals surface area (Å²) >= 11 is 0. The minimum Gasteiger partial charge on any atom is -0.346 e. The number of aromatic amines is 2. The normalized spacial score (nSPS) is 10.2. The molecule has 3 N–H and O–H groups in total. The largest absolute Gasteiger partial charge is 0.346 e. The molecule has 1 amide bonds. The molecule has 0 atom stereocenters. The average Bonchev–Trinajstić information content (AvgIpc) is 2.72. The van der Waals surface area contributed by atoms with E-state index >= 15 is 0 Å². The number of benzene rings is 1. The van der Waals surface area contributed by atoms with Crippen LogP contribution < -0.4 is 10.9 Å². The molecule has 5 nitrogen and oxygen atoms in total. The van der Waals surface area contributed by atoms with Crippen LogP contribution in [-0.4, -0.2) is 16.1 Å². The van der Waals surface area contributed by atoms with Gasteiger partial charge in [0.2, 0.25) is 0 Å². The summed E-state index contributed by atoms with van der Waals surface area (Å²) in [7, 11) is 0. The molecule has 0 fully saturated rings. The fourth-order valence-electron chi connectivity index (χ4n) is 1.53. The van der Waals surface area contributed by atoms with E-state index in [1.54, 1.807) is 6.07 Å². The van der Waals surface area contributed by atoms with E-state index in [4.69, 9.17) is 0 Å². The van der Waals surface area contributed by atoms with E-state index in [-0.39, 0.29) is 11.5 Å². The molecule has 0 spiro atoms. The SMILES string of the molecule is Cc1cccc(C(=O)NCc2cc(=O)[nH][nH]2)c1. The number of amides is 1. The van der Waals surface area contributed by atoms with Gasteiger partial charge in [0.15, 0.2) is 0 Å². The highest BCUT2D eigenvalue weighted by molar-refractivity contribution is 5.94. The summed E-state index contributed by atoms with van der Waals surface area (Å²) in [6.07, 6.45) is 0. The zero-order chi connectivity index (χ0) is 12.3. The van der Waals surface area contributed by atoms with Crippen LogP contribution in [0, 0.1) is 6.92 Å². The molecule has 0 radical (unpaired) electrons. The summed E-state index contributed by atoms with van der Waals surface area (Å²) in [6, 6.07) is 8.75. The molecular weight excluding hydrogens is 218 g/mol. The van der Waals surface area contributed by atoms with Crippen molar-refractivity contribution in [3.05, 3.63) is 57.5 Å². The van der Waals surface area contributed by atoms with Crippen LogP contribution in [0.15, 0.2) is 35.1 Å². The van der Waals surface area contributed by atoms with E-state index in [0.717, 1.165) is 5.56 Å². The highest BCUT2D eigenvalue weighted by Gasteiger charge is 2.05. The van der Waals surface area contributed by atoms with E-state index in [1.807, 2.05) is 25.1 Å². The third-order valence-corrected chi connectivity index (χ3v) is 2.37. The van der Waals surface area contributed by atoms with Gasteiger partial charge in [0, 0.05) is 11.6 Å². The molecule has 0 aliphatic heterocycles. The topological polar surface area (TPSA) is 77.8 Å². The second-order valence-electron chi connectivity index (χ2n) is 3.84. The number of nitrogens with one attached hydrogen (secondary N) is 3. The first kappa shape index (κ1) is 11.2. The number of rotatable bonds is 3. The summed E-state index contributed by atoms with van der Waals surface area (Å²) in [6.45, 7) is 2.23. The molecule has 0 saturated heterocycles. The van der Waals surface area contributed by atoms with E-state index in [2.05, 4.69) is 15.5 Å². The van der Waals surface area contributed by atoms with Gasteiger partial charge in [-0.25, -0.2) is 0 Å². The maximum atomic E-state index is 11.8. The smallest absolute Gasteiger partial charge is 0.264 e. The molecule has 1 heterocycles. The predicted molar refractivity (Wildman–Crippen MR) is 63.8 cm³/mol. The number of aryl methyl sites for hydroxylation is 1. The molecule has 2 rings (SSSR count). The maximum Gasteiger partial charge on any atom is 0.264 e. The Morgan fingerprint density at radius 3 is 2.76 bits per heavy atom. The van der Waals surface area contributed by atoms with Crippen LogP contribution in [0.4, 0.5) is 0 Å². The Bertz CT molecular complexity index is 583. The summed E-state index contributed by atoms with van der Waals surface area (Å²) in [4.78, 5) is 22.6. The van der Waals surface area contributed by atoms with Gasteiger partial charge < -0.3 is 10.4 Å². The number of aromatic nitrogens is 2. The molecule has 5 heteroatoms. The van der Waals surface area contributed by atoms with Crippen molar-refractivity contribution in [3.63, 3.8) is 0 Å². The van der Waals surface area contributed by atoms with Crippen LogP contribution in [0.2, 0.25) is 0 Å². The van der Waals surface area contributed by atoms with Crippen molar-refractivity contribution in [1.82, 2.24) is 15.5 Å². The molecule has 0 unspecified atom stereocenters. The Kier molecular flexibility index (Phi) is 3.09. The third kappa shape index (κ3) is 2.84. The first-order chi connectivity index (χ1) is 8.15. The Labute approximate surface area is 97.9 Å². The Hall–Kier alpha value is -2.30. The van der Waals surface area contributed by atoms with Crippen molar-refractivity contribution < 1.29 is 4.79 Å². The van der Waals surface area contributed by atoms with Gasteiger partial charge in [0.25, 0.3) is 11.5 Å². The molecule has 0 aliphatic rings. The first-order valence-corrected chi connectivity index (χ1v) is 5.26. The Morgan fingerprint density at radius 1 is 1.29 bits per heavy atom. The maximum absolute atomic E-state index is 11.8. The van der Waals surface area contributed by atoms with Crippen molar-refractivity contribution in [2.45, 2.75) is 13.5 Å². The van der Waals surface area contributed by atoms with Crippen molar-refractivity contribution in [2.24, 2.45) is 0 Å². The molecule has 0 aliphatic carbocycles. The first-order valence-electron chi connectivity index (χ1n) is 5.26. The molecule has 88 valence electrons. The van der Waals surface area contributed by atoms with Crippen LogP contribution in [-0.2, 0) is 6.54 Å². The summed E-state index contributed by atoms with van der Waals surface area (Å²) < 4.78 is 0. The summed E-state index contributed by atoms with van der Waals surface area (Å²) in [5.74, 6) is -0.157. The fourth-order valence-corrected chi connectivity index (χ4v) is 1.53.